The van der Waals surface area contributed by atoms with Gasteiger partial charge in [0.1, 0.15) is 5.76 Å². The van der Waals surface area contributed by atoms with E-state index in [1.807, 2.05) is 36.4 Å². The van der Waals surface area contributed by atoms with Crippen molar-refractivity contribution in [3.63, 3.8) is 0 Å². The quantitative estimate of drug-likeness (QED) is 0.860. The van der Waals surface area contributed by atoms with Gasteiger partial charge in [0.2, 0.25) is 0 Å². The lowest BCUT2D eigenvalue weighted by Gasteiger charge is -2.18. The molecule has 1 aromatic heterocycles. The third kappa shape index (κ3) is 5.37. The molecule has 0 saturated carbocycles. The largest absolute Gasteiger partial charge is 0.467 e. The van der Waals surface area contributed by atoms with Gasteiger partial charge in [0.25, 0.3) is 5.91 Å². The van der Waals surface area contributed by atoms with E-state index >= 15 is 0 Å². The van der Waals surface area contributed by atoms with Crippen LogP contribution in [0.2, 0.25) is 0 Å². The highest BCUT2D eigenvalue weighted by Gasteiger charge is 2.10. The van der Waals surface area contributed by atoms with Gasteiger partial charge in [-0.2, -0.15) is 0 Å². The van der Waals surface area contributed by atoms with Gasteiger partial charge in [-0.05, 0) is 35.2 Å². The zero-order valence-corrected chi connectivity index (χ0v) is 13.5. The van der Waals surface area contributed by atoms with Crippen LogP contribution in [0, 0.1) is 5.41 Å². The first-order valence-electron chi connectivity index (χ1n) is 7.54. The van der Waals surface area contributed by atoms with Crippen molar-refractivity contribution in [3.05, 3.63) is 59.5 Å². The molecule has 2 rings (SSSR count). The molecule has 4 heteroatoms. The highest BCUT2D eigenvalue weighted by molar-refractivity contribution is 5.94. The summed E-state index contributed by atoms with van der Waals surface area (Å²) >= 11 is 0. The second kappa shape index (κ2) is 7.27. The fraction of sp³-hybridized carbons (Fsp3) is 0.389. The number of carbonyl (C=O) groups excluding carboxylic acids is 1. The molecule has 0 aliphatic carbocycles. The van der Waals surface area contributed by atoms with Crippen LogP contribution in [0.1, 0.15) is 42.5 Å². The minimum Gasteiger partial charge on any atom is -0.467 e. The Hall–Kier alpha value is -2.07. The van der Waals surface area contributed by atoms with Gasteiger partial charge < -0.3 is 15.1 Å². The van der Waals surface area contributed by atoms with E-state index in [-0.39, 0.29) is 11.3 Å². The maximum absolute atomic E-state index is 12.2. The van der Waals surface area contributed by atoms with Crippen LogP contribution in [0.3, 0.4) is 0 Å². The fourth-order valence-corrected chi connectivity index (χ4v) is 2.09. The Kier molecular flexibility index (Phi) is 5.39. The predicted octanol–water partition coefficient (Wildman–Crippen LogP) is 3.35. The van der Waals surface area contributed by atoms with E-state index in [4.69, 9.17) is 4.42 Å². The molecule has 0 fully saturated rings. The number of rotatable bonds is 6. The number of nitrogens with one attached hydrogen (secondary N) is 2. The minimum atomic E-state index is -0.0888. The Balaban J connectivity index is 1.88. The van der Waals surface area contributed by atoms with Crippen LogP contribution in [0.15, 0.2) is 47.1 Å². The first-order valence-corrected chi connectivity index (χ1v) is 7.54. The van der Waals surface area contributed by atoms with Crippen molar-refractivity contribution < 1.29 is 9.21 Å². The smallest absolute Gasteiger partial charge is 0.251 e. The number of hydrogen-bond donors (Lipinski definition) is 2. The van der Waals surface area contributed by atoms with Gasteiger partial charge >= 0.3 is 0 Å². The van der Waals surface area contributed by atoms with Gasteiger partial charge in [0, 0.05) is 18.7 Å². The molecule has 118 valence electrons. The lowest BCUT2D eigenvalue weighted by molar-refractivity contribution is 0.0948. The van der Waals surface area contributed by atoms with Crippen molar-refractivity contribution in [2.24, 2.45) is 5.41 Å². The first kappa shape index (κ1) is 16.3. The van der Waals surface area contributed by atoms with Gasteiger partial charge in [-0.1, -0.05) is 32.9 Å². The van der Waals surface area contributed by atoms with E-state index in [1.165, 1.54) is 0 Å². The summed E-state index contributed by atoms with van der Waals surface area (Å²) in [5, 5.41) is 6.27. The Bertz CT molecular complexity index is 598. The molecule has 2 aromatic rings. The summed E-state index contributed by atoms with van der Waals surface area (Å²) in [6.07, 6.45) is 1.60. The van der Waals surface area contributed by atoms with E-state index in [2.05, 4.69) is 31.4 Å². The molecule has 1 amide bonds. The molecular formula is C18H24N2O2. The second-order valence-corrected chi connectivity index (χ2v) is 6.63. The van der Waals surface area contributed by atoms with Crippen molar-refractivity contribution in [2.75, 3.05) is 6.54 Å². The average molecular weight is 300 g/mol. The SMILES string of the molecule is CC(C)(C)CNCc1cccc(C(=O)NCc2ccco2)c1. The van der Waals surface area contributed by atoms with E-state index in [9.17, 15) is 4.79 Å². The molecule has 2 N–H and O–H groups in total. The van der Waals surface area contributed by atoms with E-state index in [0.717, 1.165) is 24.4 Å². The summed E-state index contributed by atoms with van der Waals surface area (Å²) in [7, 11) is 0. The second-order valence-electron chi connectivity index (χ2n) is 6.63. The van der Waals surface area contributed by atoms with Crippen molar-refractivity contribution in [1.29, 1.82) is 0 Å². The summed E-state index contributed by atoms with van der Waals surface area (Å²) in [5.41, 5.74) is 2.02. The van der Waals surface area contributed by atoms with Gasteiger partial charge in [-0.15, -0.1) is 0 Å². The Morgan fingerprint density at radius 2 is 1.95 bits per heavy atom. The van der Waals surface area contributed by atoms with Gasteiger partial charge in [0.05, 0.1) is 12.8 Å². The molecule has 4 nitrogen and oxygen atoms in total. The summed E-state index contributed by atoms with van der Waals surface area (Å²) < 4.78 is 5.20. The van der Waals surface area contributed by atoms with Crippen LogP contribution in [0.25, 0.3) is 0 Å². The predicted molar refractivity (Wildman–Crippen MR) is 87.5 cm³/mol. The van der Waals surface area contributed by atoms with Crippen molar-refractivity contribution >= 4 is 5.91 Å². The summed E-state index contributed by atoms with van der Waals surface area (Å²) in [6, 6.07) is 11.3. The van der Waals surface area contributed by atoms with Crippen LogP contribution >= 0.6 is 0 Å². The van der Waals surface area contributed by atoms with Crippen LogP contribution in [-0.4, -0.2) is 12.5 Å². The van der Waals surface area contributed by atoms with Gasteiger partial charge in [0.15, 0.2) is 0 Å². The van der Waals surface area contributed by atoms with Crippen LogP contribution < -0.4 is 10.6 Å². The topological polar surface area (TPSA) is 54.3 Å². The van der Waals surface area contributed by atoms with Crippen LogP contribution in [0.4, 0.5) is 0 Å². The lowest BCUT2D eigenvalue weighted by atomic mass is 9.97. The third-order valence-electron chi connectivity index (χ3n) is 3.18. The highest BCUT2D eigenvalue weighted by Crippen LogP contribution is 2.11. The summed E-state index contributed by atoms with van der Waals surface area (Å²) in [4.78, 5) is 12.2. The van der Waals surface area contributed by atoms with E-state index in [0.29, 0.717) is 12.1 Å². The maximum atomic E-state index is 12.2. The van der Waals surface area contributed by atoms with Crippen LogP contribution in [-0.2, 0) is 13.1 Å². The fourth-order valence-electron chi connectivity index (χ4n) is 2.09. The summed E-state index contributed by atoms with van der Waals surface area (Å²) in [5.74, 6) is 0.658. The molecule has 0 bridgehead atoms. The molecule has 22 heavy (non-hydrogen) atoms. The van der Waals surface area contributed by atoms with E-state index in [1.54, 1.807) is 6.26 Å². The number of amides is 1. The number of hydrogen-bond acceptors (Lipinski definition) is 3. The first-order chi connectivity index (χ1) is 10.4. The molecule has 0 aliphatic rings. The van der Waals surface area contributed by atoms with E-state index < -0.39 is 0 Å². The number of benzene rings is 1. The minimum absolute atomic E-state index is 0.0888. The van der Waals surface area contributed by atoms with Crippen molar-refractivity contribution in [1.82, 2.24) is 10.6 Å². The highest BCUT2D eigenvalue weighted by atomic mass is 16.3. The normalized spacial score (nSPS) is 11.4. The van der Waals surface area contributed by atoms with Crippen molar-refractivity contribution in [2.45, 2.75) is 33.9 Å². The monoisotopic (exact) mass is 300 g/mol. The molecule has 0 radical (unpaired) electrons. The Morgan fingerprint density at radius 3 is 2.64 bits per heavy atom. The molecule has 0 aliphatic heterocycles. The average Bonchev–Trinajstić information content (AvgIpc) is 2.97. The number of carbonyl (C=O) groups is 1. The molecule has 0 atom stereocenters. The third-order valence-corrected chi connectivity index (χ3v) is 3.18. The Morgan fingerprint density at radius 1 is 1.14 bits per heavy atom. The van der Waals surface area contributed by atoms with Gasteiger partial charge in [-0.3, -0.25) is 4.79 Å². The molecule has 0 saturated heterocycles. The molecule has 1 aromatic carbocycles. The molecule has 1 heterocycles. The molecule has 0 spiro atoms. The zero-order valence-electron chi connectivity index (χ0n) is 13.5. The lowest BCUT2D eigenvalue weighted by Crippen LogP contribution is -2.26. The van der Waals surface area contributed by atoms with Gasteiger partial charge in [-0.25, -0.2) is 0 Å². The van der Waals surface area contributed by atoms with Crippen LogP contribution in [0.5, 0.6) is 0 Å². The van der Waals surface area contributed by atoms with Crippen molar-refractivity contribution in [3.8, 4) is 0 Å². The standard InChI is InChI=1S/C18H24N2O2/c1-18(2,3)13-19-11-14-6-4-7-15(10-14)17(21)20-12-16-8-5-9-22-16/h4-10,19H,11-13H2,1-3H3,(H,20,21). The maximum Gasteiger partial charge on any atom is 0.251 e. The Labute approximate surface area is 131 Å². The molecular weight excluding hydrogens is 276 g/mol. The zero-order chi connectivity index (χ0) is 16.0. The molecule has 0 unspecified atom stereocenters. The number of furan rings is 1. The summed E-state index contributed by atoms with van der Waals surface area (Å²) in [6.45, 7) is 8.67.